The van der Waals surface area contributed by atoms with E-state index in [0.717, 1.165) is 25.2 Å². The van der Waals surface area contributed by atoms with Gasteiger partial charge in [0.25, 0.3) is 0 Å². The summed E-state index contributed by atoms with van der Waals surface area (Å²) in [5.74, 6) is 5.81. The predicted molar refractivity (Wildman–Crippen MR) is 73.2 cm³/mol. The molecule has 1 aliphatic heterocycles. The molecule has 0 saturated carbocycles. The Hall–Kier alpha value is -1.33. The van der Waals surface area contributed by atoms with Gasteiger partial charge in [-0.15, -0.1) is 0 Å². The molecule has 0 amide bonds. The van der Waals surface area contributed by atoms with Crippen molar-refractivity contribution in [3.05, 3.63) is 35.4 Å². The number of hydrogen-bond donors (Lipinski definition) is 0. The summed E-state index contributed by atoms with van der Waals surface area (Å²) in [6.45, 7) is 6.78. The molecule has 0 radical (unpaired) electrons. The summed E-state index contributed by atoms with van der Waals surface area (Å²) in [7, 11) is 0. The largest absolute Gasteiger partial charge is 0.303 e. The second-order valence-electron chi connectivity index (χ2n) is 5.02. The van der Waals surface area contributed by atoms with E-state index in [2.05, 4.69) is 23.7 Å². The van der Waals surface area contributed by atoms with Crippen molar-refractivity contribution >= 4 is 0 Å². The topological polar surface area (TPSA) is 3.24 Å². The van der Waals surface area contributed by atoms with Crippen molar-refractivity contribution in [2.45, 2.75) is 32.4 Å². The maximum Gasteiger partial charge on any atom is 0.173 e. The van der Waals surface area contributed by atoms with E-state index in [1.807, 2.05) is 31.2 Å². The van der Waals surface area contributed by atoms with Crippen LogP contribution in [0.3, 0.4) is 0 Å². The Morgan fingerprint density at radius 2 is 1.83 bits per heavy atom. The Balaban J connectivity index is 2.03. The zero-order chi connectivity index (χ0) is 13.0. The van der Waals surface area contributed by atoms with Gasteiger partial charge in [0.2, 0.25) is 0 Å². The number of hydrogen-bond acceptors (Lipinski definition) is 1. The molecule has 1 saturated heterocycles. The molecule has 0 aliphatic carbocycles. The Morgan fingerprint density at radius 1 is 1.22 bits per heavy atom. The van der Waals surface area contributed by atoms with Crippen LogP contribution in [0.25, 0.3) is 0 Å². The van der Waals surface area contributed by atoms with Crippen LogP contribution in [0, 0.1) is 18.8 Å². The van der Waals surface area contributed by atoms with E-state index in [0.29, 0.717) is 12.8 Å². The van der Waals surface area contributed by atoms with Gasteiger partial charge in [-0.1, -0.05) is 36.5 Å². The first-order valence-corrected chi connectivity index (χ1v) is 6.62. The Labute approximate surface area is 109 Å². The van der Waals surface area contributed by atoms with E-state index in [1.54, 1.807) is 0 Å². The Kier molecular flexibility index (Phi) is 4.04. The van der Waals surface area contributed by atoms with Crippen LogP contribution in [0.4, 0.5) is 4.39 Å². The van der Waals surface area contributed by atoms with Gasteiger partial charge in [0, 0.05) is 31.5 Å². The normalized spacial score (nSPS) is 19.1. The smallest absolute Gasteiger partial charge is 0.173 e. The summed E-state index contributed by atoms with van der Waals surface area (Å²) in [5.41, 5.74) is 0.804. The minimum Gasteiger partial charge on any atom is -0.303 e. The second kappa shape index (κ2) is 5.54. The van der Waals surface area contributed by atoms with Crippen LogP contribution >= 0.6 is 0 Å². The van der Waals surface area contributed by atoms with Crippen LogP contribution in [-0.4, -0.2) is 30.2 Å². The molecule has 18 heavy (non-hydrogen) atoms. The van der Waals surface area contributed by atoms with Crippen LogP contribution in [0.1, 0.15) is 30.9 Å². The lowest BCUT2D eigenvalue weighted by molar-refractivity contribution is 0.108. The van der Waals surface area contributed by atoms with Crippen molar-refractivity contribution in [1.82, 2.24) is 4.90 Å². The summed E-state index contributed by atoms with van der Waals surface area (Å²) in [6.07, 6.45) is 1.05. The first-order valence-electron chi connectivity index (χ1n) is 6.62. The minimum absolute atomic E-state index is 0.527. The average Bonchev–Trinajstić information content (AvgIpc) is 2.39. The maximum absolute atomic E-state index is 14.4. The lowest BCUT2D eigenvalue weighted by Crippen LogP contribution is -2.40. The first kappa shape index (κ1) is 13.1. The molecule has 0 atom stereocenters. The van der Waals surface area contributed by atoms with Crippen molar-refractivity contribution in [3.8, 4) is 11.8 Å². The fourth-order valence-electron chi connectivity index (χ4n) is 2.17. The number of alkyl halides is 1. The molecule has 0 bridgehead atoms. The maximum atomic E-state index is 14.4. The predicted octanol–water partition coefficient (Wildman–Crippen LogP) is 3.17. The molecule has 96 valence electrons. The number of rotatable bonds is 1. The van der Waals surface area contributed by atoms with Crippen LogP contribution in [0.2, 0.25) is 0 Å². The van der Waals surface area contributed by atoms with Gasteiger partial charge in [-0.25, -0.2) is 4.39 Å². The van der Waals surface area contributed by atoms with Gasteiger partial charge in [0.1, 0.15) is 0 Å². The van der Waals surface area contributed by atoms with Crippen LogP contribution < -0.4 is 0 Å². The van der Waals surface area contributed by atoms with Crippen LogP contribution in [0.15, 0.2) is 24.3 Å². The minimum atomic E-state index is -1.30. The molecule has 0 unspecified atom stereocenters. The van der Waals surface area contributed by atoms with Gasteiger partial charge in [-0.2, -0.15) is 0 Å². The van der Waals surface area contributed by atoms with E-state index < -0.39 is 5.67 Å². The SMILES string of the molecule is CCN1CCC(F)(C#Cc2ccc(C)cc2)CC1. The van der Waals surface area contributed by atoms with Crippen LogP contribution in [0.5, 0.6) is 0 Å². The van der Waals surface area contributed by atoms with Crippen molar-refractivity contribution < 1.29 is 4.39 Å². The molecular formula is C16H20FN. The highest BCUT2D eigenvalue weighted by atomic mass is 19.1. The van der Waals surface area contributed by atoms with Crippen LogP contribution in [-0.2, 0) is 0 Å². The Bertz CT molecular complexity index is 444. The monoisotopic (exact) mass is 245 g/mol. The van der Waals surface area contributed by atoms with Crippen molar-refractivity contribution in [2.24, 2.45) is 0 Å². The third-order valence-corrected chi connectivity index (χ3v) is 3.58. The first-order chi connectivity index (χ1) is 8.61. The highest BCUT2D eigenvalue weighted by molar-refractivity contribution is 5.37. The lowest BCUT2D eigenvalue weighted by atomic mass is 9.93. The molecule has 1 aromatic carbocycles. The van der Waals surface area contributed by atoms with Gasteiger partial charge >= 0.3 is 0 Å². The number of halogens is 1. The second-order valence-corrected chi connectivity index (χ2v) is 5.02. The molecule has 2 rings (SSSR count). The molecule has 1 nitrogen and oxygen atoms in total. The van der Waals surface area contributed by atoms with E-state index in [1.165, 1.54) is 5.56 Å². The van der Waals surface area contributed by atoms with E-state index in [-0.39, 0.29) is 0 Å². The number of aryl methyl sites for hydroxylation is 1. The van der Waals surface area contributed by atoms with Crippen molar-refractivity contribution in [3.63, 3.8) is 0 Å². The standard InChI is InChI=1S/C16H20FN/c1-3-18-12-10-16(17,11-13-18)9-8-15-6-4-14(2)5-7-15/h4-7H,3,10-13H2,1-2H3. The van der Waals surface area contributed by atoms with Gasteiger partial charge in [0.05, 0.1) is 0 Å². The summed E-state index contributed by atoms with van der Waals surface area (Å²) < 4.78 is 14.4. The van der Waals surface area contributed by atoms with Crippen molar-refractivity contribution in [2.75, 3.05) is 19.6 Å². The molecular weight excluding hydrogens is 225 g/mol. The van der Waals surface area contributed by atoms with E-state index in [4.69, 9.17) is 0 Å². The van der Waals surface area contributed by atoms with Gasteiger partial charge in [-0.05, 0) is 25.6 Å². The highest BCUT2D eigenvalue weighted by Gasteiger charge is 2.31. The summed E-state index contributed by atoms with van der Waals surface area (Å²) in [6, 6.07) is 7.92. The number of likely N-dealkylation sites (tertiary alicyclic amines) is 1. The highest BCUT2D eigenvalue weighted by Crippen LogP contribution is 2.25. The van der Waals surface area contributed by atoms with Gasteiger partial charge in [-0.3, -0.25) is 0 Å². The number of nitrogens with zero attached hydrogens (tertiary/aromatic N) is 1. The third-order valence-electron chi connectivity index (χ3n) is 3.58. The van der Waals surface area contributed by atoms with E-state index >= 15 is 0 Å². The number of piperidine rings is 1. The van der Waals surface area contributed by atoms with Crippen molar-refractivity contribution in [1.29, 1.82) is 0 Å². The molecule has 2 heteroatoms. The summed E-state index contributed by atoms with van der Waals surface area (Å²) in [5, 5.41) is 0. The molecule has 0 N–H and O–H groups in total. The van der Waals surface area contributed by atoms with E-state index in [9.17, 15) is 4.39 Å². The molecule has 0 aromatic heterocycles. The molecule has 1 heterocycles. The lowest BCUT2D eigenvalue weighted by Gasteiger charge is -2.32. The molecule has 0 spiro atoms. The number of benzene rings is 1. The molecule has 1 aliphatic rings. The zero-order valence-corrected chi connectivity index (χ0v) is 11.2. The van der Waals surface area contributed by atoms with Gasteiger partial charge in [0.15, 0.2) is 5.67 Å². The average molecular weight is 245 g/mol. The third kappa shape index (κ3) is 3.34. The molecule has 1 fully saturated rings. The fraction of sp³-hybridized carbons (Fsp3) is 0.500. The summed E-state index contributed by atoms with van der Waals surface area (Å²) >= 11 is 0. The molecule has 1 aromatic rings. The fourth-order valence-corrected chi connectivity index (χ4v) is 2.17. The zero-order valence-electron chi connectivity index (χ0n) is 11.2. The quantitative estimate of drug-likeness (QED) is 0.687. The Morgan fingerprint density at radius 3 is 2.39 bits per heavy atom. The van der Waals surface area contributed by atoms with Gasteiger partial charge < -0.3 is 4.90 Å². The summed E-state index contributed by atoms with van der Waals surface area (Å²) in [4.78, 5) is 2.27.